The number of nitro groups is 1. The maximum atomic E-state index is 12.7. The van der Waals surface area contributed by atoms with E-state index in [2.05, 4.69) is 0 Å². The number of benzene rings is 1. The Kier molecular flexibility index (Phi) is 6.31. The number of piperazine rings is 1. The average molecular weight is 481 g/mol. The molecule has 1 aliphatic rings. The summed E-state index contributed by atoms with van der Waals surface area (Å²) < 4.78 is 27.0. The highest BCUT2D eigenvalue weighted by Crippen LogP contribution is 2.36. The minimum atomic E-state index is -3.78. The Balaban J connectivity index is 1.80. The topological polar surface area (TPSA) is 133 Å². The fourth-order valence-electron chi connectivity index (χ4n) is 2.89. The normalized spacial score (nSPS) is 15.3. The summed E-state index contributed by atoms with van der Waals surface area (Å²) in [6.07, 6.45) is 0. The Hall–Kier alpha value is -1.96. The number of halogens is 2. The summed E-state index contributed by atoms with van der Waals surface area (Å²) >= 11 is 12.6. The standard InChI is InChI=1S/C15H14Cl2N4O6S2/c16-10-8-13(28-14(10)17)29(26,27)20-5-3-19(4-6-20)11-2-1-9(15(22)18-23)7-12(11)21(24)25/h1-2,7-8,23H,3-6H2,(H,18,22). The molecule has 2 heterocycles. The van der Waals surface area contributed by atoms with Crippen LogP contribution >= 0.6 is 34.5 Å². The minimum Gasteiger partial charge on any atom is -0.363 e. The second-order valence-electron chi connectivity index (χ2n) is 5.98. The predicted molar refractivity (Wildman–Crippen MR) is 108 cm³/mol. The molecule has 2 N–H and O–H groups in total. The van der Waals surface area contributed by atoms with E-state index in [-0.39, 0.29) is 56.7 Å². The van der Waals surface area contributed by atoms with Crippen molar-refractivity contribution in [1.82, 2.24) is 9.79 Å². The summed E-state index contributed by atoms with van der Waals surface area (Å²) in [5.74, 6) is -0.871. The molecule has 1 aromatic carbocycles. The van der Waals surface area contributed by atoms with Crippen LogP contribution in [0.1, 0.15) is 10.4 Å². The predicted octanol–water partition coefficient (Wildman–Crippen LogP) is 2.59. The van der Waals surface area contributed by atoms with E-state index in [1.807, 2.05) is 0 Å². The second kappa shape index (κ2) is 8.42. The van der Waals surface area contributed by atoms with Crippen LogP contribution in [0.3, 0.4) is 0 Å². The zero-order valence-corrected chi connectivity index (χ0v) is 17.7. The molecular weight excluding hydrogens is 467 g/mol. The smallest absolute Gasteiger partial charge is 0.293 e. The molecule has 0 bridgehead atoms. The van der Waals surface area contributed by atoms with Gasteiger partial charge >= 0.3 is 0 Å². The molecule has 0 spiro atoms. The van der Waals surface area contributed by atoms with Crippen molar-refractivity contribution in [3.63, 3.8) is 0 Å². The van der Waals surface area contributed by atoms with Gasteiger partial charge in [0.05, 0.1) is 9.95 Å². The van der Waals surface area contributed by atoms with E-state index in [4.69, 9.17) is 28.4 Å². The Bertz CT molecular complexity index is 1050. The lowest BCUT2D eigenvalue weighted by molar-refractivity contribution is -0.384. The van der Waals surface area contributed by atoms with Gasteiger partial charge in [0.25, 0.3) is 21.6 Å². The molecule has 29 heavy (non-hydrogen) atoms. The summed E-state index contributed by atoms with van der Waals surface area (Å²) in [5, 5.41) is 20.3. The number of rotatable bonds is 5. The van der Waals surface area contributed by atoms with E-state index in [1.165, 1.54) is 28.0 Å². The van der Waals surface area contributed by atoms with Gasteiger partial charge in [0, 0.05) is 37.8 Å². The van der Waals surface area contributed by atoms with Crippen LogP contribution < -0.4 is 10.4 Å². The number of nitrogens with one attached hydrogen (secondary N) is 1. The highest BCUT2D eigenvalue weighted by Gasteiger charge is 2.32. The van der Waals surface area contributed by atoms with Gasteiger partial charge in [-0.2, -0.15) is 4.31 Å². The van der Waals surface area contributed by atoms with Gasteiger partial charge in [0.2, 0.25) is 0 Å². The molecule has 10 nitrogen and oxygen atoms in total. The van der Waals surface area contributed by atoms with Gasteiger partial charge in [-0.15, -0.1) is 11.3 Å². The molecule has 0 radical (unpaired) electrons. The molecule has 0 atom stereocenters. The first-order chi connectivity index (χ1) is 13.6. The molecule has 3 rings (SSSR count). The van der Waals surface area contributed by atoms with Gasteiger partial charge in [0.1, 0.15) is 14.2 Å². The highest BCUT2D eigenvalue weighted by atomic mass is 35.5. The molecule has 1 aliphatic heterocycles. The van der Waals surface area contributed by atoms with E-state index in [9.17, 15) is 23.3 Å². The van der Waals surface area contributed by atoms with Gasteiger partial charge in [0.15, 0.2) is 0 Å². The molecule has 156 valence electrons. The van der Waals surface area contributed by atoms with Gasteiger partial charge in [-0.3, -0.25) is 20.1 Å². The number of nitro benzene ring substituents is 1. The fraction of sp³-hybridized carbons (Fsp3) is 0.267. The minimum absolute atomic E-state index is 0.0336. The molecule has 0 saturated carbocycles. The van der Waals surface area contributed by atoms with Gasteiger partial charge in [-0.05, 0) is 18.2 Å². The fourth-order valence-corrected chi connectivity index (χ4v) is 6.35. The number of carbonyl (C=O) groups excluding carboxylic acids is 1. The number of anilines is 1. The van der Waals surface area contributed by atoms with E-state index in [0.717, 1.165) is 17.4 Å². The van der Waals surface area contributed by atoms with Crippen molar-refractivity contribution >= 4 is 61.8 Å². The number of carbonyl (C=O) groups is 1. The first-order valence-electron chi connectivity index (χ1n) is 8.08. The van der Waals surface area contributed by atoms with Crippen LogP contribution in [0, 0.1) is 10.1 Å². The first-order valence-corrected chi connectivity index (χ1v) is 11.1. The lowest BCUT2D eigenvalue weighted by atomic mass is 10.1. The van der Waals surface area contributed by atoms with Gasteiger partial charge in [-0.25, -0.2) is 13.9 Å². The number of hydrogen-bond acceptors (Lipinski definition) is 8. The first kappa shape index (κ1) is 21.7. The SMILES string of the molecule is O=C(NO)c1ccc(N2CCN(S(=O)(=O)c3cc(Cl)c(Cl)s3)CC2)c([N+](=O)[O-])c1. The molecule has 2 aromatic rings. The number of hydroxylamine groups is 1. The van der Waals surface area contributed by atoms with Crippen LogP contribution in [0.2, 0.25) is 9.36 Å². The Morgan fingerprint density at radius 1 is 1.21 bits per heavy atom. The number of amides is 1. The van der Waals surface area contributed by atoms with Gasteiger partial charge < -0.3 is 4.90 Å². The number of nitrogens with zero attached hydrogens (tertiary/aromatic N) is 3. The molecular formula is C15H14Cl2N4O6S2. The summed E-state index contributed by atoms with van der Waals surface area (Å²) in [5.41, 5.74) is 1.28. The van der Waals surface area contributed by atoms with Crippen molar-refractivity contribution in [2.45, 2.75) is 4.21 Å². The maximum Gasteiger partial charge on any atom is 0.293 e. The Labute approximate surface area is 179 Å². The summed E-state index contributed by atoms with van der Waals surface area (Å²) in [6, 6.07) is 5.09. The zero-order chi connectivity index (χ0) is 21.3. The summed E-state index contributed by atoms with van der Waals surface area (Å²) in [4.78, 5) is 24.0. The van der Waals surface area contributed by atoms with Crippen molar-refractivity contribution in [2.75, 3.05) is 31.1 Å². The highest BCUT2D eigenvalue weighted by molar-refractivity contribution is 7.91. The van der Waals surface area contributed by atoms with Crippen LogP contribution in [-0.4, -0.2) is 54.9 Å². The molecule has 1 amide bonds. The van der Waals surface area contributed by atoms with Crippen molar-refractivity contribution < 1.29 is 23.3 Å². The van der Waals surface area contributed by atoms with Crippen molar-refractivity contribution in [2.24, 2.45) is 0 Å². The quantitative estimate of drug-likeness (QED) is 0.381. The molecule has 1 aromatic heterocycles. The lowest BCUT2D eigenvalue weighted by Gasteiger charge is -2.34. The Morgan fingerprint density at radius 2 is 1.86 bits per heavy atom. The molecule has 1 saturated heterocycles. The van der Waals surface area contributed by atoms with Crippen LogP contribution in [0.4, 0.5) is 11.4 Å². The van der Waals surface area contributed by atoms with Crippen LogP contribution in [0.25, 0.3) is 0 Å². The van der Waals surface area contributed by atoms with Gasteiger partial charge in [-0.1, -0.05) is 23.2 Å². The monoisotopic (exact) mass is 480 g/mol. The van der Waals surface area contributed by atoms with Crippen molar-refractivity contribution in [1.29, 1.82) is 0 Å². The van der Waals surface area contributed by atoms with Crippen LogP contribution in [-0.2, 0) is 10.0 Å². The zero-order valence-electron chi connectivity index (χ0n) is 14.5. The molecule has 14 heteroatoms. The van der Waals surface area contributed by atoms with Crippen LogP contribution in [0.15, 0.2) is 28.5 Å². The average Bonchev–Trinajstić information content (AvgIpc) is 3.06. The number of hydrogen-bond donors (Lipinski definition) is 2. The third-order valence-electron chi connectivity index (χ3n) is 4.33. The number of sulfonamides is 1. The van der Waals surface area contributed by atoms with E-state index in [0.29, 0.717) is 0 Å². The second-order valence-corrected chi connectivity index (χ2v) is 10.2. The maximum absolute atomic E-state index is 12.7. The Morgan fingerprint density at radius 3 is 2.38 bits per heavy atom. The summed E-state index contributed by atoms with van der Waals surface area (Å²) in [6.45, 7) is 0.619. The largest absolute Gasteiger partial charge is 0.363 e. The third kappa shape index (κ3) is 4.32. The number of thiophene rings is 1. The molecule has 1 fully saturated rings. The van der Waals surface area contributed by atoms with Crippen molar-refractivity contribution in [3.05, 3.63) is 49.3 Å². The molecule has 0 unspecified atom stereocenters. The third-order valence-corrected chi connectivity index (χ3v) is 8.55. The molecule has 0 aliphatic carbocycles. The summed E-state index contributed by atoms with van der Waals surface area (Å²) in [7, 11) is -3.78. The van der Waals surface area contributed by atoms with Crippen molar-refractivity contribution in [3.8, 4) is 0 Å². The van der Waals surface area contributed by atoms with Crippen LogP contribution in [0.5, 0.6) is 0 Å². The van der Waals surface area contributed by atoms with E-state index < -0.39 is 20.9 Å². The lowest BCUT2D eigenvalue weighted by Crippen LogP contribution is -2.48. The van der Waals surface area contributed by atoms with E-state index in [1.54, 1.807) is 4.90 Å². The van der Waals surface area contributed by atoms with E-state index >= 15 is 0 Å².